The van der Waals surface area contributed by atoms with Crippen molar-refractivity contribution in [3.05, 3.63) is 53.3 Å². The molecule has 23 heavy (non-hydrogen) atoms. The molecule has 6 nitrogen and oxygen atoms in total. The molecule has 0 fully saturated rings. The number of hydrogen-bond acceptors (Lipinski definition) is 4. The number of aliphatic hydroxyl groups is 1. The lowest BCUT2D eigenvalue weighted by Crippen LogP contribution is -2.38. The van der Waals surface area contributed by atoms with Crippen LogP contribution >= 0.6 is 12.4 Å². The van der Waals surface area contributed by atoms with E-state index in [1.54, 1.807) is 31.2 Å². The van der Waals surface area contributed by atoms with Crippen LogP contribution in [-0.2, 0) is 11.8 Å². The Morgan fingerprint density at radius 1 is 1.39 bits per heavy atom. The number of benzene rings is 1. The van der Waals surface area contributed by atoms with Gasteiger partial charge in [-0.1, -0.05) is 24.3 Å². The lowest BCUT2D eigenvalue weighted by Gasteiger charge is -2.18. The molecule has 0 aliphatic heterocycles. The molecule has 1 aromatic carbocycles. The Hall–Kier alpha value is -1.89. The highest BCUT2D eigenvalue weighted by molar-refractivity contribution is 5.85. The third kappa shape index (κ3) is 4.79. The third-order valence-corrected chi connectivity index (χ3v) is 3.63. The lowest BCUT2D eigenvalue weighted by atomic mass is 10.0. The molecule has 0 aliphatic carbocycles. The Bertz CT molecular complexity index is 645. The SMILES string of the molecule is CNC(C(=O)NCC(O)c1ccccc1C)c1cnn(C)c1.Cl. The van der Waals surface area contributed by atoms with Crippen LogP contribution in [0, 0.1) is 6.92 Å². The second-order valence-electron chi connectivity index (χ2n) is 5.29. The summed E-state index contributed by atoms with van der Waals surface area (Å²) in [5.41, 5.74) is 2.61. The highest BCUT2D eigenvalue weighted by Gasteiger charge is 2.21. The Balaban J connectivity index is 0.00000264. The van der Waals surface area contributed by atoms with Crippen LogP contribution < -0.4 is 10.6 Å². The number of likely N-dealkylation sites (N-methyl/N-ethyl adjacent to an activating group) is 1. The van der Waals surface area contributed by atoms with E-state index in [0.717, 1.165) is 16.7 Å². The van der Waals surface area contributed by atoms with E-state index < -0.39 is 12.1 Å². The average molecular weight is 339 g/mol. The minimum Gasteiger partial charge on any atom is -0.387 e. The molecule has 1 amide bonds. The molecule has 1 aromatic heterocycles. The number of amides is 1. The van der Waals surface area contributed by atoms with Crippen LogP contribution in [0.25, 0.3) is 0 Å². The first-order chi connectivity index (χ1) is 10.5. The van der Waals surface area contributed by atoms with E-state index in [-0.39, 0.29) is 24.9 Å². The fourth-order valence-corrected chi connectivity index (χ4v) is 2.41. The van der Waals surface area contributed by atoms with E-state index in [1.165, 1.54) is 0 Å². The molecule has 7 heteroatoms. The summed E-state index contributed by atoms with van der Waals surface area (Å²) in [5, 5.41) is 20.0. The monoisotopic (exact) mass is 338 g/mol. The highest BCUT2D eigenvalue weighted by atomic mass is 35.5. The van der Waals surface area contributed by atoms with Crippen molar-refractivity contribution in [2.24, 2.45) is 7.05 Å². The summed E-state index contributed by atoms with van der Waals surface area (Å²) in [6.45, 7) is 2.11. The van der Waals surface area contributed by atoms with Gasteiger partial charge in [0.15, 0.2) is 0 Å². The zero-order valence-corrected chi connectivity index (χ0v) is 14.3. The molecule has 0 radical (unpaired) electrons. The summed E-state index contributed by atoms with van der Waals surface area (Å²) in [6, 6.07) is 7.11. The zero-order valence-electron chi connectivity index (χ0n) is 13.5. The maximum absolute atomic E-state index is 12.3. The molecule has 0 saturated carbocycles. The van der Waals surface area contributed by atoms with E-state index in [1.807, 2.05) is 31.2 Å². The summed E-state index contributed by atoms with van der Waals surface area (Å²) in [4.78, 5) is 12.3. The Morgan fingerprint density at radius 2 is 2.09 bits per heavy atom. The molecule has 3 N–H and O–H groups in total. The molecule has 0 bridgehead atoms. The van der Waals surface area contributed by atoms with Crippen molar-refractivity contribution in [3.8, 4) is 0 Å². The van der Waals surface area contributed by atoms with Crippen LogP contribution in [0.2, 0.25) is 0 Å². The van der Waals surface area contributed by atoms with Gasteiger partial charge in [0.2, 0.25) is 5.91 Å². The largest absolute Gasteiger partial charge is 0.387 e. The predicted octanol–water partition coefficient (Wildman–Crippen LogP) is 1.26. The summed E-state index contributed by atoms with van der Waals surface area (Å²) in [5.74, 6) is -0.192. The minimum absolute atomic E-state index is 0. The number of carbonyl (C=O) groups excluding carboxylic acids is 1. The van der Waals surface area contributed by atoms with E-state index in [9.17, 15) is 9.90 Å². The van der Waals surface area contributed by atoms with E-state index in [2.05, 4.69) is 15.7 Å². The van der Waals surface area contributed by atoms with Gasteiger partial charge in [0.25, 0.3) is 0 Å². The predicted molar refractivity (Wildman–Crippen MR) is 91.4 cm³/mol. The molecular formula is C16H23ClN4O2. The zero-order chi connectivity index (χ0) is 16.1. The number of rotatable bonds is 6. The average Bonchev–Trinajstić information content (AvgIpc) is 2.92. The molecule has 1 heterocycles. The molecule has 2 aromatic rings. The van der Waals surface area contributed by atoms with Crippen LogP contribution in [-0.4, -0.2) is 34.4 Å². The van der Waals surface area contributed by atoms with Crippen LogP contribution in [0.4, 0.5) is 0 Å². The van der Waals surface area contributed by atoms with Gasteiger partial charge in [0.05, 0.1) is 12.3 Å². The maximum Gasteiger partial charge on any atom is 0.241 e. The second kappa shape index (κ2) is 8.67. The molecule has 0 saturated heterocycles. The standard InChI is InChI=1S/C16H22N4O2.ClH/c1-11-6-4-5-7-13(11)14(21)9-18-16(22)15(17-2)12-8-19-20(3)10-12;/h4-8,10,14-15,17,21H,9H2,1-3H3,(H,18,22);1H. The van der Waals surface area contributed by atoms with Gasteiger partial charge in [-0.05, 0) is 25.1 Å². The van der Waals surface area contributed by atoms with Crippen molar-refractivity contribution in [3.63, 3.8) is 0 Å². The number of aliphatic hydroxyl groups excluding tert-OH is 1. The molecule has 2 atom stereocenters. The number of aryl methyl sites for hydroxylation is 2. The first-order valence-electron chi connectivity index (χ1n) is 7.20. The van der Waals surface area contributed by atoms with Gasteiger partial charge in [0.1, 0.15) is 6.04 Å². The van der Waals surface area contributed by atoms with Gasteiger partial charge in [-0.15, -0.1) is 12.4 Å². The van der Waals surface area contributed by atoms with E-state index >= 15 is 0 Å². The van der Waals surface area contributed by atoms with Crippen LogP contribution in [0.1, 0.15) is 28.8 Å². The van der Waals surface area contributed by atoms with Gasteiger partial charge in [-0.25, -0.2) is 0 Å². The molecule has 2 unspecified atom stereocenters. The molecule has 0 aliphatic rings. The van der Waals surface area contributed by atoms with Crippen LogP contribution in [0.3, 0.4) is 0 Å². The molecule has 2 rings (SSSR count). The Labute approximate surface area is 142 Å². The van der Waals surface area contributed by atoms with Crippen molar-refractivity contribution in [1.29, 1.82) is 0 Å². The third-order valence-electron chi connectivity index (χ3n) is 3.63. The molecule has 0 spiro atoms. The van der Waals surface area contributed by atoms with Gasteiger partial charge in [-0.2, -0.15) is 5.10 Å². The Kier molecular flexibility index (Phi) is 7.22. The molecular weight excluding hydrogens is 316 g/mol. The summed E-state index contributed by atoms with van der Waals surface area (Å²) in [6.07, 6.45) is 2.72. The van der Waals surface area contributed by atoms with Crippen LogP contribution in [0.5, 0.6) is 0 Å². The number of aromatic nitrogens is 2. The summed E-state index contributed by atoms with van der Waals surface area (Å²) in [7, 11) is 3.52. The number of hydrogen-bond donors (Lipinski definition) is 3. The van der Waals surface area contributed by atoms with Gasteiger partial charge in [0, 0.05) is 25.4 Å². The normalized spacial score (nSPS) is 13.0. The van der Waals surface area contributed by atoms with Crippen molar-refractivity contribution < 1.29 is 9.90 Å². The number of halogens is 1. The lowest BCUT2D eigenvalue weighted by molar-refractivity contribution is -0.123. The first kappa shape index (κ1) is 19.2. The van der Waals surface area contributed by atoms with E-state index in [0.29, 0.717) is 0 Å². The highest BCUT2D eigenvalue weighted by Crippen LogP contribution is 2.17. The Morgan fingerprint density at radius 3 is 2.65 bits per heavy atom. The quantitative estimate of drug-likeness (QED) is 0.741. The van der Waals surface area contributed by atoms with Gasteiger partial charge >= 0.3 is 0 Å². The van der Waals surface area contributed by atoms with Crippen molar-refractivity contribution in [1.82, 2.24) is 20.4 Å². The van der Waals surface area contributed by atoms with Crippen molar-refractivity contribution in [2.75, 3.05) is 13.6 Å². The van der Waals surface area contributed by atoms with Gasteiger partial charge in [-0.3, -0.25) is 9.48 Å². The van der Waals surface area contributed by atoms with E-state index in [4.69, 9.17) is 0 Å². The first-order valence-corrected chi connectivity index (χ1v) is 7.20. The second-order valence-corrected chi connectivity index (χ2v) is 5.29. The minimum atomic E-state index is -0.725. The number of nitrogens with one attached hydrogen (secondary N) is 2. The topological polar surface area (TPSA) is 79.2 Å². The summed E-state index contributed by atoms with van der Waals surface area (Å²) >= 11 is 0. The van der Waals surface area contributed by atoms with Gasteiger partial charge < -0.3 is 15.7 Å². The maximum atomic E-state index is 12.3. The van der Waals surface area contributed by atoms with Crippen molar-refractivity contribution >= 4 is 18.3 Å². The fraction of sp³-hybridized carbons (Fsp3) is 0.375. The summed E-state index contributed by atoms with van der Waals surface area (Å²) < 4.78 is 1.65. The van der Waals surface area contributed by atoms with Crippen molar-refractivity contribution in [2.45, 2.75) is 19.1 Å². The smallest absolute Gasteiger partial charge is 0.241 e. The number of nitrogens with zero attached hydrogens (tertiary/aromatic N) is 2. The number of carbonyl (C=O) groups is 1. The fourth-order valence-electron chi connectivity index (χ4n) is 2.41. The van der Waals surface area contributed by atoms with Crippen LogP contribution in [0.15, 0.2) is 36.7 Å². The molecule has 126 valence electrons.